The maximum atomic E-state index is 10.8. The normalized spacial score (nSPS) is 12.4. The highest BCUT2D eigenvalue weighted by atomic mass is 79.9. The van der Waals surface area contributed by atoms with Gasteiger partial charge in [-0.2, -0.15) is 0 Å². The average molecular weight is 272 g/mol. The fourth-order valence-electron chi connectivity index (χ4n) is 0.434. The van der Waals surface area contributed by atoms with Gasteiger partial charge in [-0.05, 0) is 13.3 Å². The monoisotopic (exact) mass is 270 g/mol. The number of hydrogen-bond acceptors (Lipinski definition) is 2. The number of halogens is 2. The molecule has 4 heteroatoms. The van der Waals surface area contributed by atoms with Crippen molar-refractivity contribution in [3.8, 4) is 0 Å². The second-order valence-corrected chi connectivity index (χ2v) is 3.03. The minimum Gasteiger partial charge on any atom is -0.380 e. The van der Waals surface area contributed by atoms with E-state index < -0.39 is 0 Å². The van der Waals surface area contributed by atoms with Crippen LogP contribution in [0.2, 0.25) is 0 Å². The zero-order valence-electron chi connectivity index (χ0n) is 5.78. The van der Waals surface area contributed by atoms with E-state index in [9.17, 15) is 4.79 Å². The molecule has 0 atom stereocenters. The largest absolute Gasteiger partial charge is 0.380 e. The maximum Gasteiger partial charge on any atom is 0.346 e. The minimum atomic E-state index is -0.353. The molecule has 0 radical (unpaired) electrons. The molecule has 0 bridgehead atoms. The SMILES string of the molecule is CCC(Br)=C(C)C(=O)OBr. The Balaban J connectivity index is 4.30. The van der Waals surface area contributed by atoms with Gasteiger partial charge in [0.05, 0.1) is 0 Å². The van der Waals surface area contributed by atoms with Crippen molar-refractivity contribution in [2.24, 2.45) is 0 Å². The second kappa shape index (κ2) is 4.91. The molecule has 0 spiro atoms. The Kier molecular flexibility index (Phi) is 4.99. The highest BCUT2D eigenvalue weighted by Crippen LogP contribution is 2.16. The van der Waals surface area contributed by atoms with Gasteiger partial charge in [0, 0.05) is 10.1 Å². The first-order valence-electron chi connectivity index (χ1n) is 2.81. The molecule has 0 aliphatic carbocycles. The lowest BCUT2D eigenvalue weighted by atomic mass is 10.2. The predicted octanol–water partition coefficient (Wildman–Crippen LogP) is 2.92. The van der Waals surface area contributed by atoms with Gasteiger partial charge in [-0.3, -0.25) is 0 Å². The van der Waals surface area contributed by atoms with Crippen LogP contribution >= 0.6 is 32.2 Å². The van der Waals surface area contributed by atoms with E-state index in [1.807, 2.05) is 6.92 Å². The minimum absolute atomic E-state index is 0.353. The molecule has 0 aromatic carbocycles. The van der Waals surface area contributed by atoms with E-state index in [1.54, 1.807) is 6.92 Å². The molecule has 58 valence electrons. The van der Waals surface area contributed by atoms with Crippen LogP contribution in [0.15, 0.2) is 10.1 Å². The van der Waals surface area contributed by atoms with E-state index in [-0.39, 0.29) is 5.97 Å². The van der Waals surface area contributed by atoms with Crippen LogP contribution in [0.1, 0.15) is 20.3 Å². The van der Waals surface area contributed by atoms with Crippen LogP contribution in [0.5, 0.6) is 0 Å². The van der Waals surface area contributed by atoms with Gasteiger partial charge in [0.25, 0.3) is 0 Å². The van der Waals surface area contributed by atoms with Gasteiger partial charge in [-0.15, -0.1) is 0 Å². The van der Waals surface area contributed by atoms with Crippen molar-refractivity contribution in [2.45, 2.75) is 20.3 Å². The van der Waals surface area contributed by atoms with Crippen LogP contribution in [-0.4, -0.2) is 5.97 Å². The van der Waals surface area contributed by atoms with E-state index in [2.05, 4.69) is 36.0 Å². The molecule has 0 unspecified atom stereocenters. The number of carbonyl (C=O) groups is 1. The van der Waals surface area contributed by atoms with Crippen molar-refractivity contribution in [1.82, 2.24) is 0 Å². The Labute approximate surface area is 77.2 Å². The van der Waals surface area contributed by atoms with Crippen LogP contribution in [0.3, 0.4) is 0 Å². The zero-order chi connectivity index (χ0) is 8.15. The highest BCUT2D eigenvalue weighted by molar-refractivity contribution is 9.11. The Morgan fingerprint density at radius 2 is 2.10 bits per heavy atom. The first kappa shape index (κ1) is 10.2. The summed E-state index contributed by atoms with van der Waals surface area (Å²) in [7, 11) is 0. The Hall–Kier alpha value is 0.170. The van der Waals surface area contributed by atoms with Gasteiger partial charge in [-0.25, -0.2) is 4.79 Å². The van der Waals surface area contributed by atoms with E-state index in [0.29, 0.717) is 5.57 Å². The second-order valence-electron chi connectivity index (χ2n) is 1.75. The summed E-state index contributed by atoms with van der Waals surface area (Å²) < 4.78 is 5.19. The third kappa shape index (κ3) is 2.84. The molecule has 0 aliphatic heterocycles. The summed E-state index contributed by atoms with van der Waals surface area (Å²) in [6, 6.07) is 0. The van der Waals surface area contributed by atoms with Crippen LogP contribution < -0.4 is 0 Å². The zero-order valence-corrected chi connectivity index (χ0v) is 8.95. The Bertz CT molecular complexity index is 163. The number of carbonyl (C=O) groups excluding carboxylic acids is 1. The summed E-state index contributed by atoms with van der Waals surface area (Å²) in [5.74, 6) is -0.353. The van der Waals surface area contributed by atoms with Crippen molar-refractivity contribution in [3.05, 3.63) is 10.1 Å². The van der Waals surface area contributed by atoms with E-state index in [4.69, 9.17) is 0 Å². The Morgan fingerprint density at radius 3 is 2.40 bits per heavy atom. The molecular formula is C6H8Br2O2. The van der Waals surface area contributed by atoms with Crippen molar-refractivity contribution < 1.29 is 8.62 Å². The predicted molar refractivity (Wildman–Crippen MR) is 46.9 cm³/mol. The van der Waals surface area contributed by atoms with Crippen molar-refractivity contribution in [1.29, 1.82) is 0 Å². The van der Waals surface area contributed by atoms with Gasteiger partial charge >= 0.3 is 5.97 Å². The summed E-state index contributed by atoms with van der Waals surface area (Å²) in [4.78, 5) is 10.8. The number of hydrogen-bond donors (Lipinski definition) is 0. The third-order valence-corrected chi connectivity index (χ3v) is 2.54. The summed E-state index contributed by atoms with van der Waals surface area (Å²) >= 11 is 5.85. The standard InChI is InChI=1S/C6H8Br2O2/c1-3-5(7)4(2)6(9)10-8/h3H2,1-2H3. The molecule has 2 nitrogen and oxygen atoms in total. The molecule has 0 fully saturated rings. The van der Waals surface area contributed by atoms with Crippen molar-refractivity contribution in [2.75, 3.05) is 0 Å². The van der Waals surface area contributed by atoms with E-state index in [0.717, 1.165) is 10.9 Å². The summed E-state index contributed by atoms with van der Waals surface area (Å²) in [5, 5.41) is 0. The van der Waals surface area contributed by atoms with Crippen LogP contribution in [0, 0.1) is 0 Å². The van der Waals surface area contributed by atoms with Crippen LogP contribution in [0.25, 0.3) is 0 Å². The fourth-order valence-corrected chi connectivity index (χ4v) is 0.838. The molecule has 10 heavy (non-hydrogen) atoms. The molecule has 0 aliphatic rings. The summed E-state index contributed by atoms with van der Waals surface area (Å²) in [6.45, 7) is 3.66. The molecular weight excluding hydrogens is 264 g/mol. The molecule has 0 amide bonds. The van der Waals surface area contributed by atoms with Crippen LogP contribution in [-0.2, 0) is 8.62 Å². The lowest BCUT2D eigenvalue weighted by molar-refractivity contribution is -0.128. The fraction of sp³-hybridized carbons (Fsp3) is 0.500. The third-order valence-electron chi connectivity index (χ3n) is 1.09. The average Bonchev–Trinajstić information content (AvgIpc) is 2.00. The molecule has 0 rings (SSSR count). The first-order valence-corrected chi connectivity index (χ1v) is 4.25. The molecule has 0 aromatic rings. The molecule has 0 aromatic heterocycles. The molecule has 0 saturated carbocycles. The van der Waals surface area contributed by atoms with E-state index in [1.165, 1.54) is 0 Å². The van der Waals surface area contributed by atoms with Gasteiger partial charge in [0.2, 0.25) is 0 Å². The quantitative estimate of drug-likeness (QED) is 0.722. The smallest absolute Gasteiger partial charge is 0.346 e. The first-order chi connectivity index (χ1) is 4.63. The molecule has 0 N–H and O–H groups in total. The van der Waals surface area contributed by atoms with Gasteiger partial charge < -0.3 is 3.83 Å². The molecule has 0 saturated heterocycles. The lowest BCUT2D eigenvalue weighted by Crippen LogP contribution is -1.99. The van der Waals surface area contributed by atoms with Gasteiger partial charge in [0.1, 0.15) is 0 Å². The van der Waals surface area contributed by atoms with Crippen molar-refractivity contribution >= 4 is 38.2 Å². The number of allylic oxidation sites excluding steroid dienone is 1. The summed E-state index contributed by atoms with van der Waals surface area (Å²) in [6.07, 6.45) is 0.800. The van der Waals surface area contributed by atoms with Gasteiger partial charge in [-0.1, -0.05) is 22.9 Å². The van der Waals surface area contributed by atoms with Crippen LogP contribution in [0.4, 0.5) is 0 Å². The summed E-state index contributed by atoms with van der Waals surface area (Å²) in [5.41, 5.74) is 0.597. The lowest BCUT2D eigenvalue weighted by Gasteiger charge is -1.98. The van der Waals surface area contributed by atoms with Crippen molar-refractivity contribution in [3.63, 3.8) is 0 Å². The maximum absolute atomic E-state index is 10.8. The van der Waals surface area contributed by atoms with E-state index >= 15 is 0 Å². The highest BCUT2D eigenvalue weighted by Gasteiger charge is 2.07. The van der Waals surface area contributed by atoms with Gasteiger partial charge in [0.15, 0.2) is 16.3 Å². The number of rotatable bonds is 2. The topological polar surface area (TPSA) is 26.3 Å². The Morgan fingerprint density at radius 1 is 1.60 bits per heavy atom. The molecule has 0 heterocycles.